The largest absolute Gasteiger partial charge is 0.309 e. The van der Waals surface area contributed by atoms with Crippen LogP contribution in [-0.2, 0) is 0 Å². The first-order valence-electron chi connectivity index (χ1n) is 11.8. The van der Waals surface area contributed by atoms with Crippen LogP contribution >= 0.6 is 0 Å². The molecule has 0 saturated heterocycles. The van der Waals surface area contributed by atoms with Crippen LogP contribution in [0.2, 0.25) is 0 Å². The lowest BCUT2D eigenvalue weighted by Gasteiger charge is -2.11. The first kappa shape index (κ1) is 20.3. The molecule has 0 aliphatic carbocycles. The molecule has 170 valence electrons. The zero-order valence-electron chi connectivity index (χ0n) is 19.2. The van der Waals surface area contributed by atoms with Crippen molar-refractivity contribution in [1.29, 1.82) is 0 Å². The van der Waals surface area contributed by atoms with Crippen LogP contribution in [0.25, 0.3) is 56.2 Å². The van der Waals surface area contributed by atoms with Crippen molar-refractivity contribution >= 4 is 21.8 Å². The summed E-state index contributed by atoms with van der Waals surface area (Å²) in [5.74, 6) is 1.22. The van der Waals surface area contributed by atoms with Gasteiger partial charge in [-0.05, 0) is 54.6 Å². The molecule has 0 fully saturated rings. The number of aromatic nitrogens is 6. The lowest BCUT2D eigenvalue weighted by molar-refractivity contribution is 0.882. The maximum absolute atomic E-state index is 4.87. The SMILES string of the molecule is c1ccc(-c2nc(-c3ccccn3)n(-c3cccc(-n4c5ccccc5c5ccccc54)c3)n2)nc1. The van der Waals surface area contributed by atoms with Gasteiger partial charge < -0.3 is 4.57 Å². The number of hydrogen-bond acceptors (Lipinski definition) is 4. The average Bonchev–Trinajstić information content (AvgIpc) is 3.55. The van der Waals surface area contributed by atoms with Gasteiger partial charge in [-0.2, -0.15) is 0 Å². The summed E-state index contributed by atoms with van der Waals surface area (Å²) < 4.78 is 4.15. The van der Waals surface area contributed by atoms with Gasteiger partial charge >= 0.3 is 0 Å². The molecule has 6 nitrogen and oxygen atoms in total. The van der Waals surface area contributed by atoms with Crippen molar-refractivity contribution in [2.24, 2.45) is 0 Å². The van der Waals surface area contributed by atoms with E-state index in [2.05, 4.69) is 81.3 Å². The summed E-state index contributed by atoms with van der Waals surface area (Å²) in [6.45, 7) is 0. The van der Waals surface area contributed by atoms with Crippen molar-refractivity contribution in [3.63, 3.8) is 0 Å². The van der Waals surface area contributed by atoms with Crippen LogP contribution in [0, 0.1) is 0 Å². The fourth-order valence-corrected chi connectivity index (χ4v) is 4.72. The zero-order valence-corrected chi connectivity index (χ0v) is 19.2. The van der Waals surface area contributed by atoms with Gasteiger partial charge in [0.05, 0.1) is 16.7 Å². The molecule has 0 spiro atoms. The molecule has 4 heterocycles. The summed E-state index contributed by atoms with van der Waals surface area (Å²) in [6, 6.07) is 36.9. The Balaban J connectivity index is 1.45. The highest BCUT2D eigenvalue weighted by Gasteiger charge is 2.18. The molecule has 0 radical (unpaired) electrons. The summed E-state index contributed by atoms with van der Waals surface area (Å²) in [5.41, 5.74) is 5.72. The van der Waals surface area contributed by atoms with Gasteiger partial charge in [0, 0.05) is 28.9 Å². The Morgan fingerprint density at radius 3 is 1.81 bits per heavy atom. The molecule has 7 aromatic rings. The molecule has 7 rings (SSSR count). The molecule has 0 atom stereocenters. The van der Waals surface area contributed by atoms with Crippen LogP contribution in [0.4, 0.5) is 0 Å². The van der Waals surface area contributed by atoms with Gasteiger partial charge in [-0.15, -0.1) is 5.10 Å². The Morgan fingerprint density at radius 2 is 1.14 bits per heavy atom. The minimum atomic E-state index is 0.554. The lowest BCUT2D eigenvalue weighted by atomic mass is 10.2. The highest BCUT2D eigenvalue weighted by molar-refractivity contribution is 6.09. The van der Waals surface area contributed by atoms with E-state index in [0.717, 1.165) is 28.1 Å². The summed E-state index contributed by atoms with van der Waals surface area (Å²) in [6.07, 6.45) is 3.52. The van der Waals surface area contributed by atoms with Crippen molar-refractivity contribution in [1.82, 2.24) is 29.3 Å². The maximum atomic E-state index is 4.87. The molecule has 0 aliphatic rings. The normalized spacial score (nSPS) is 11.3. The van der Waals surface area contributed by atoms with E-state index in [0.29, 0.717) is 17.3 Å². The molecule has 0 amide bonds. The van der Waals surface area contributed by atoms with Gasteiger partial charge in [0.25, 0.3) is 0 Å². The van der Waals surface area contributed by atoms with Crippen molar-refractivity contribution in [3.8, 4) is 34.4 Å². The zero-order chi connectivity index (χ0) is 23.9. The number of fused-ring (bicyclic) bond motifs is 3. The van der Waals surface area contributed by atoms with Crippen molar-refractivity contribution in [2.45, 2.75) is 0 Å². The summed E-state index contributed by atoms with van der Waals surface area (Å²) in [4.78, 5) is 13.8. The van der Waals surface area contributed by atoms with Crippen LogP contribution in [0.1, 0.15) is 0 Å². The molecule has 0 aliphatic heterocycles. The second-order valence-corrected chi connectivity index (χ2v) is 8.49. The topological polar surface area (TPSA) is 61.4 Å². The molecular formula is C30H20N6. The molecule has 0 unspecified atom stereocenters. The number of rotatable bonds is 4. The van der Waals surface area contributed by atoms with E-state index in [-0.39, 0.29) is 0 Å². The van der Waals surface area contributed by atoms with Gasteiger partial charge in [-0.1, -0.05) is 54.6 Å². The quantitative estimate of drug-likeness (QED) is 0.299. The molecule has 3 aromatic carbocycles. The van der Waals surface area contributed by atoms with Gasteiger partial charge in [-0.25, -0.2) is 9.67 Å². The van der Waals surface area contributed by atoms with Crippen molar-refractivity contribution in [2.75, 3.05) is 0 Å². The minimum Gasteiger partial charge on any atom is -0.309 e. The van der Waals surface area contributed by atoms with Crippen LogP contribution in [0.15, 0.2) is 122 Å². The van der Waals surface area contributed by atoms with Gasteiger partial charge in [0.2, 0.25) is 5.82 Å². The molecule has 36 heavy (non-hydrogen) atoms. The standard InChI is InChI=1S/C30H20N6/c1-3-16-27-23(12-1)24-13-2-4-17-28(24)35(27)21-10-9-11-22(20-21)36-30(26-15-6-8-19-32-26)33-29(34-36)25-14-5-7-18-31-25/h1-20H. The third kappa shape index (κ3) is 3.27. The first-order chi connectivity index (χ1) is 17.9. The lowest BCUT2D eigenvalue weighted by Crippen LogP contribution is -2.02. The van der Waals surface area contributed by atoms with Crippen molar-refractivity contribution < 1.29 is 0 Å². The van der Waals surface area contributed by atoms with Crippen LogP contribution in [0.3, 0.4) is 0 Å². The van der Waals surface area contributed by atoms with Gasteiger partial charge in [0.1, 0.15) is 11.4 Å². The average molecular weight is 465 g/mol. The van der Waals surface area contributed by atoms with Gasteiger partial charge in [-0.3, -0.25) is 9.97 Å². The van der Waals surface area contributed by atoms with E-state index in [1.807, 2.05) is 47.1 Å². The monoisotopic (exact) mass is 464 g/mol. The van der Waals surface area contributed by atoms with E-state index in [9.17, 15) is 0 Å². The molecule has 4 aromatic heterocycles. The van der Waals surface area contributed by atoms with E-state index in [1.165, 1.54) is 10.8 Å². The molecule has 0 bridgehead atoms. The smallest absolute Gasteiger partial charge is 0.200 e. The van der Waals surface area contributed by atoms with Crippen LogP contribution in [-0.4, -0.2) is 29.3 Å². The molecule has 0 saturated carbocycles. The second-order valence-electron chi connectivity index (χ2n) is 8.49. The summed E-state index contributed by atoms with van der Waals surface area (Å²) in [5, 5.41) is 7.32. The maximum Gasteiger partial charge on any atom is 0.200 e. The summed E-state index contributed by atoms with van der Waals surface area (Å²) in [7, 11) is 0. The Labute approximate surface area is 207 Å². The molecule has 0 N–H and O–H groups in total. The molecular weight excluding hydrogens is 444 g/mol. The van der Waals surface area contributed by atoms with Crippen molar-refractivity contribution in [3.05, 3.63) is 122 Å². The van der Waals surface area contributed by atoms with E-state index < -0.39 is 0 Å². The number of para-hydroxylation sites is 2. The first-order valence-corrected chi connectivity index (χ1v) is 11.8. The number of nitrogens with zero attached hydrogens (tertiary/aromatic N) is 6. The van der Waals surface area contributed by atoms with E-state index in [1.54, 1.807) is 12.4 Å². The Bertz CT molecular complexity index is 1780. The highest BCUT2D eigenvalue weighted by Crippen LogP contribution is 2.32. The third-order valence-electron chi connectivity index (χ3n) is 6.31. The Morgan fingerprint density at radius 1 is 0.528 bits per heavy atom. The second kappa shape index (κ2) is 8.29. The Kier molecular flexibility index (Phi) is 4.67. The fourth-order valence-electron chi connectivity index (χ4n) is 4.72. The predicted molar refractivity (Wildman–Crippen MR) is 142 cm³/mol. The number of hydrogen-bond donors (Lipinski definition) is 0. The minimum absolute atomic E-state index is 0.554. The fraction of sp³-hybridized carbons (Fsp3) is 0. The number of pyridine rings is 2. The predicted octanol–water partition coefficient (Wildman–Crippen LogP) is 6.49. The van der Waals surface area contributed by atoms with Crippen LogP contribution < -0.4 is 0 Å². The number of benzene rings is 3. The Hall–Kier alpha value is -5.10. The van der Waals surface area contributed by atoms with E-state index in [4.69, 9.17) is 10.1 Å². The molecule has 6 heteroatoms. The van der Waals surface area contributed by atoms with Crippen LogP contribution in [0.5, 0.6) is 0 Å². The summed E-state index contributed by atoms with van der Waals surface area (Å²) >= 11 is 0. The van der Waals surface area contributed by atoms with E-state index >= 15 is 0 Å². The van der Waals surface area contributed by atoms with Gasteiger partial charge in [0.15, 0.2) is 5.82 Å². The highest BCUT2D eigenvalue weighted by atomic mass is 15.4. The third-order valence-corrected chi connectivity index (χ3v) is 6.31.